The lowest BCUT2D eigenvalue weighted by molar-refractivity contribution is -0.117. The number of aromatic nitrogens is 1. The van der Waals surface area contributed by atoms with Crippen LogP contribution in [0.2, 0.25) is 10.0 Å². The average molecular weight is 392 g/mol. The molecule has 2 aromatic carbocycles. The molecule has 1 amide bonds. The number of anilines is 1. The monoisotopic (exact) mass is 391 g/mol. The summed E-state index contributed by atoms with van der Waals surface area (Å²) in [6.07, 6.45) is 0.739. The zero-order chi connectivity index (χ0) is 18.3. The van der Waals surface area contributed by atoms with E-state index in [0.717, 1.165) is 29.6 Å². The fourth-order valence-corrected chi connectivity index (χ4v) is 3.72. The number of hydrogen-bond donors (Lipinski definition) is 2. The number of carbonyl (C=O) groups excluding carboxylic acids is 1. The Morgan fingerprint density at radius 3 is 2.73 bits per heavy atom. The lowest BCUT2D eigenvalue weighted by atomic mass is 10.0. The highest BCUT2D eigenvalue weighted by molar-refractivity contribution is 6.31. The molecule has 0 spiro atoms. The van der Waals surface area contributed by atoms with Gasteiger partial charge in [-0.2, -0.15) is 0 Å². The first-order valence-corrected chi connectivity index (χ1v) is 9.01. The molecule has 0 unspecified atom stereocenters. The standard InChI is InChI=1S/C19H16Cl2FN3O/c20-11-1-3-13(4-2-11)23-18(26)10-25-6-5-14-15-7-12(21)8-16(22)19(15)24-17(14)9-25/h1-4,7-8,24H,5-6,9-10H2,(H,23,26). The van der Waals surface area contributed by atoms with Crippen molar-refractivity contribution in [1.82, 2.24) is 9.88 Å². The molecule has 4 nitrogen and oxygen atoms in total. The van der Waals surface area contributed by atoms with Gasteiger partial charge in [-0.25, -0.2) is 4.39 Å². The van der Waals surface area contributed by atoms with Gasteiger partial charge in [0, 0.05) is 39.9 Å². The van der Waals surface area contributed by atoms with Crippen LogP contribution in [0.4, 0.5) is 10.1 Å². The van der Waals surface area contributed by atoms with E-state index in [1.807, 2.05) is 4.90 Å². The van der Waals surface area contributed by atoms with E-state index in [-0.39, 0.29) is 18.3 Å². The van der Waals surface area contributed by atoms with Gasteiger partial charge in [0.1, 0.15) is 5.82 Å². The van der Waals surface area contributed by atoms with Crippen LogP contribution in [0.3, 0.4) is 0 Å². The molecule has 7 heteroatoms. The van der Waals surface area contributed by atoms with Crippen LogP contribution in [-0.2, 0) is 17.8 Å². The largest absolute Gasteiger partial charge is 0.355 e. The quantitative estimate of drug-likeness (QED) is 0.684. The summed E-state index contributed by atoms with van der Waals surface area (Å²) >= 11 is 11.8. The third-order valence-electron chi connectivity index (χ3n) is 4.58. The number of halogens is 3. The SMILES string of the molecule is O=C(CN1CCc2c([nH]c3c(F)cc(Cl)cc23)C1)Nc1ccc(Cl)cc1. The van der Waals surface area contributed by atoms with Crippen LogP contribution >= 0.6 is 23.2 Å². The Balaban J connectivity index is 1.47. The molecule has 0 atom stereocenters. The molecule has 4 rings (SSSR count). The van der Waals surface area contributed by atoms with Crippen molar-refractivity contribution in [2.45, 2.75) is 13.0 Å². The van der Waals surface area contributed by atoms with Gasteiger partial charge in [0.25, 0.3) is 0 Å². The topological polar surface area (TPSA) is 48.1 Å². The van der Waals surface area contributed by atoms with Crippen LogP contribution in [-0.4, -0.2) is 28.9 Å². The number of H-pyrrole nitrogens is 1. The molecule has 0 saturated carbocycles. The summed E-state index contributed by atoms with van der Waals surface area (Å²) in [7, 11) is 0. The number of amides is 1. The number of nitrogens with zero attached hydrogens (tertiary/aromatic N) is 1. The van der Waals surface area contributed by atoms with Crippen molar-refractivity contribution in [3.8, 4) is 0 Å². The van der Waals surface area contributed by atoms with Gasteiger partial charge >= 0.3 is 0 Å². The molecule has 2 N–H and O–H groups in total. The molecular formula is C19H16Cl2FN3O. The fraction of sp³-hybridized carbons (Fsp3) is 0.211. The van der Waals surface area contributed by atoms with Gasteiger partial charge in [0.05, 0.1) is 12.1 Å². The van der Waals surface area contributed by atoms with Crippen molar-refractivity contribution in [3.63, 3.8) is 0 Å². The van der Waals surface area contributed by atoms with Crippen molar-refractivity contribution in [1.29, 1.82) is 0 Å². The van der Waals surface area contributed by atoms with Crippen LogP contribution in [0.5, 0.6) is 0 Å². The highest BCUT2D eigenvalue weighted by Gasteiger charge is 2.23. The Morgan fingerprint density at radius 1 is 1.19 bits per heavy atom. The maximum Gasteiger partial charge on any atom is 0.238 e. The zero-order valence-corrected chi connectivity index (χ0v) is 15.3. The predicted molar refractivity (Wildman–Crippen MR) is 102 cm³/mol. The molecule has 1 aliphatic rings. The Morgan fingerprint density at radius 2 is 1.96 bits per heavy atom. The van der Waals surface area contributed by atoms with Gasteiger partial charge in [-0.05, 0) is 48.4 Å². The van der Waals surface area contributed by atoms with Crippen LogP contribution < -0.4 is 5.32 Å². The highest BCUT2D eigenvalue weighted by Crippen LogP contribution is 2.31. The van der Waals surface area contributed by atoms with E-state index in [0.29, 0.717) is 27.8 Å². The summed E-state index contributed by atoms with van der Waals surface area (Å²) in [5, 5.41) is 4.70. The van der Waals surface area contributed by atoms with E-state index >= 15 is 0 Å². The summed E-state index contributed by atoms with van der Waals surface area (Å²) < 4.78 is 14.1. The molecule has 1 aliphatic heterocycles. The van der Waals surface area contributed by atoms with Gasteiger partial charge in [-0.3, -0.25) is 9.69 Å². The zero-order valence-electron chi connectivity index (χ0n) is 13.8. The van der Waals surface area contributed by atoms with Gasteiger partial charge in [-0.1, -0.05) is 23.2 Å². The summed E-state index contributed by atoms with van der Waals surface area (Å²) in [6.45, 7) is 1.55. The summed E-state index contributed by atoms with van der Waals surface area (Å²) in [5.41, 5.74) is 3.20. The smallest absolute Gasteiger partial charge is 0.238 e. The van der Waals surface area contributed by atoms with E-state index in [9.17, 15) is 9.18 Å². The second kappa shape index (κ2) is 6.91. The number of nitrogens with one attached hydrogen (secondary N) is 2. The molecule has 0 saturated heterocycles. The molecule has 0 fully saturated rings. The van der Waals surface area contributed by atoms with Crippen molar-refractivity contribution in [2.24, 2.45) is 0 Å². The Hall–Kier alpha value is -2.08. The minimum absolute atomic E-state index is 0.0962. The van der Waals surface area contributed by atoms with Crippen LogP contribution in [0.15, 0.2) is 36.4 Å². The Labute approximate surface area is 159 Å². The summed E-state index contributed by atoms with van der Waals surface area (Å²) in [5.74, 6) is -0.449. The van der Waals surface area contributed by atoms with Crippen molar-refractivity contribution in [3.05, 3.63) is 63.5 Å². The summed E-state index contributed by atoms with van der Waals surface area (Å²) in [6, 6.07) is 10.1. The molecule has 0 radical (unpaired) electrons. The molecular weight excluding hydrogens is 376 g/mol. The third kappa shape index (κ3) is 3.43. The van der Waals surface area contributed by atoms with Crippen molar-refractivity contribution in [2.75, 3.05) is 18.4 Å². The maximum atomic E-state index is 14.1. The number of aromatic amines is 1. The van der Waals surface area contributed by atoms with Crippen molar-refractivity contribution >= 4 is 45.7 Å². The number of hydrogen-bond acceptors (Lipinski definition) is 2. The summed E-state index contributed by atoms with van der Waals surface area (Å²) in [4.78, 5) is 17.5. The molecule has 134 valence electrons. The number of rotatable bonds is 3. The second-order valence-corrected chi connectivity index (χ2v) is 7.28. The van der Waals surface area contributed by atoms with Crippen LogP contribution in [0.25, 0.3) is 10.9 Å². The van der Waals surface area contributed by atoms with Gasteiger partial charge in [0.15, 0.2) is 0 Å². The van der Waals surface area contributed by atoms with Gasteiger partial charge in [-0.15, -0.1) is 0 Å². The minimum atomic E-state index is -0.353. The van der Waals surface area contributed by atoms with Crippen LogP contribution in [0.1, 0.15) is 11.3 Å². The first kappa shape index (κ1) is 17.3. The lowest BCUT2D eigenvalue weighted by Crippen LogP contribution is -2.37. The molecule has 26 heavy (non-hydrogen) atoms. The normalized spacial score (nSPS) is 14.4. The Kier molecular flexibility index (Phi) is 4.61. The predicted octanol–water partition coefficient (Wildman–Crippen LogP) is 4.61. The first-order valence-electron chi connectivity index (χ1n) is 8.26. The highest BCUT2D eigenvalue weighted by atomic mass is 35.5. The van der Waals surface area contributed by atoms with Gasteiger partial charge in [0.2, 0.25) is 5.91 Å². The van der Waals surface area contributed by atoms with Crippen molar-refractivity contribution < 1.29 is 9.18 Å². The molecule has 1 aromatic heterocycles. The molecule has 2 heterocycles. The van der Waals surface area contributed by atoms with E-state index in [1.54, 1.807) is 30.3 Å². The molecule has 3 aromatic rings. The molecule has 0 bridgehead atoms. The van der Waals surface area contributed by atoms with Gasteiger partial charge < -0.3 is 10.3 Å². The Bertz CT molecular complexity index is 985. The molecule has 0 aliphatic carbocycles. The number of fused-ring (bicyclic) bond motifs is 3. The van der Waals surface area contributed by atoms with Crippen LogP contribution in [0, 0.1) is 5.82 Å². The second-order valence-electron chi connectivity index (χ2n) is 6.41. The average Bonchev–Trinajstić information content (AvgIpc) is 2.95. The minimum Gasteiger partial charge on any atom is -0.355 e. The number of carbonyl (C=O) groups is 1. The number of benzene rings is 2. The first-order chi connectivity index (χ1) is 12.5. The lowest BCUT2D eigenvalue weighted by Gasteiger charge is -2.26. The fourth-order valence-electron chi connectivity index (χ4n) is 3.39. The van der Waals surface area contributed by atoms with E-state index in [1.165, 1.54) is 6.07 Å². The maximum absolute atomic E-state index is 14.1. The van der Waals surface area contributed by atoms with E-state index < -0.39 is 0 Å². The third-order valence-corrected chi connectivity index (χ3v) is 5.05. The van der Waals surface area contributed by atoms with E-state index in [4.69, 9.17) is 23.2 Å². The van der Waals surface area contributed by atoms with E-state index in [2.05, 4.69) is 10.3 Å².